The third kappa shape index (κ3) is 2.42. The zero-order valence-electron chi connectivity index (χ0n) is 13.7. The fourth-order valence-electron chi connectivity index (χ4n) is 3.45. The fourth-order valence-corrected chi connectivity index (χ4v) is 3.45. The molecule has 4 rings (SSSR count). The topological polar surface area (TPSA) is 98.7 Å². The minimum Gasteiger partial charge on any atom is -0.508 e. The number of phenolic OH excluding ortho intramolecular Hbond substituents is 1. The number of hydrogen-bond acceptors (Lipinski definition) is 4. The first-order chi connectivity index (χ1) is 12.4. The van der Waals surface area contributed by atoms with E-state index in [-0.39, 0.29) is 24.7 Å². The van der Waals surface area contributed by atoms with Gasteiger partial charge < -0.3 is 15.3 Å². The van der Waals surface area contributed by atoms with Crippen LogP contribution in [-0.2, 0) is 16.9 Å². The molecule has 0 saturated carbocycles. The molecular weight excluding hydrogens is 333 g/mol. The Kier molecular flexibility index (Phi) is 3.50. The van der Waals surface area contributed by atoms with Crippen LogP contribution >= 0.6 is 0 Å². The molecule has 0 aliphatic carbocycles. The van der Waals surface area contributed by atoms with Crippen LogP contribution in [0.1, 0.15) is 21.5 Å². The molecule has 1 fully saturated rings. The van der Waals surface area contributed by atoms with Gasteiger partial charge in [-0.3, -0.25) is 14.9 Å². The monoisotopic (exact) mass is 347 g/mol. The molecule has 2 aliphatic heterocycles. The molecule has 0 spiro atoms. The largest absolute Gasteiger partial charge is 0.508 e. The van der Waals surface area contributed by atoms with Gasteiger partial charge in [-0.25, -0.2) is 4.79 Å². The lowest BCUT2D eigenvalue weighted by atomic mass is 9.86. The van der Waals surface area contributed by atoms with Crippen molar-refractivity contribution in [1.82, 2.24) is 15.5 Å². The molecule has 2 heterocycles. The van der Waals surface area contributed by atoms with Crippen LogP contribution in [0.15, 0.2) is 42.5 Å². The van der Waals surface area contributed by atoms with E-state index >= 15 is 0 Å². The van der Waals surface area contributed by atoms with Crippen molar-refractivity contribution in [1.29, 1.82) is 0 Å². The molecule has 4 amide bonds. The highest BCUT2D eigenvalue weighted by Gasteiger charge is 2.50. The summed E-state index contributed by atoms with van der Waals surface area (Å²) in [4.78, 5) is 38.6. The standard InChI is InChI=1S/C18H14BN3O4/c19-12-3-1-11(2-4-12)18(16(25)20-17(26)21-18)9-22-8-10-7-13(23)5-6-14(10)15(22)24/h1-7,23H,8-9H2,(H2,20,21,25,26)/t18-/m0/s1. The summed E-state index contributed by atoms with van der Waals surface area (Å²) in [7, 11) is 5.71. The van der Waals surface area contributed by atoms with Gasteiger partial charge in [0.25, 0.3) is 11.8 Å². The third-order valence-electron chi connectivity index (χ3n) is 4.74. The summed E-state index contributed by atoms with van der Waals surface area (Å²) in [6.07, 6.45) is 0. The molecular formula is C18H14BN3O4. The summed E-state index contributed by atoms with van der Waals surface area (Å²) in [5.41, 5.74) is 0.799. The second-order valence-electron chi connectivity index (χ2n) is 6.44. The van der Waals surface area contributed by atoms with Crippen molar-refractivity contribution in [2.24, 2.45) is 0 Å². The van der Waals surface area contributed by atoms with Crippen molar-refractivity contribution in [2.75, 3.05) is 6.54 Å². The summed E-state index contributed by atoms with van der Waals surface area (Å²) in [6, 6.07) is 10.5. The number of nitrogens with zero attached hydrogens (tertiary/aromatic N) is 1. The van der Waals surface area contributed by atoms with Crippen LogP contribution in [0, 0.1) is 0 Å². The van der Waals surface area contributed by atoms with Gasteiger partial charge in [-0.1, -0.05) is 29.7 Å². The van der Waals surface area contributed by atoms with E-state index in [1.165, 1.54) is 17.0 Å². The Balaban J connectivity index is 1.71. The predicted octanol–water partition coefficient (Wildman–Crippen LogP) is -0.123. The summed E-state index contributed by atoms with van der Waals surface area (Å²) in [5.74, 6) is -0.721. The van der Waals surface area contributed by atoms with Crippen LogP contribution in [0.25, 0.3) is 0 Å². The van der Waals surface area contributed by atoms with E-state index < -0.39 is 17.5 Å². The van der Waals surface area contributed by atoms with Crippen LogP contribution in [-0.4, -0.2) is 42.2 Å². The fraction of sp³-hybridized carbons (Fsp3) is 0.167. The van der Waals surface area contributed by atoms with Gasteiger partial charge in [0.15, 0.2) is 5.54 Å². The molecule has 0 unspecified atom stereocenters. The average Bonchev–Trinajstić information content (AvgIpc) is 3.05. The van der Waals surface area contributed by atoms with Crippen molar-refractivity contribution in [3.8, 4) is 5.75 Å². The van der Waals surface area contributed by atoms with Gasteiger partial charge >= 0.3 is 6.03 Å². The van der Waals surface area contributed by atoms with Gasteiger partial charge in [-0.2, -0.15) is 0 Å². The number of nitrogens with one attached hydrogen (secondary N) is 2. The molecule has 8 heteroatoms. The van der Waals surface area contributed by atoms with Gasteiger partial charge in [0.2, 0.25) is 0 Å². The number of rotatable bonds is 3. The molecule has 0 bridgehead atoms. The highest BCUT2D eigenvalue weighted by Crippen LogP contribution is 2.31. The maximum atomic E-state index is 12.7. The van der Waals surface area contributed by atoms with E-state index in [9.17, 15) is 19.5 Å². The smallest absolute Gasteiger partial charge is 0.322 e. The molecule has 7 nitrogen and oxygen atoms in total. The maximum Gasteiger partial charge on any atom is 0.322 e. The lowest BCUT2D eigenvalue weighted by Crippen LogP contribution is -2.52. The van der Waals surface area contributed by atoms with Crippen LogP contribution in [0.4, 0.5) is 4.79 Å². The van der Waals surface area contributed by atoms with Gasteiger partial charge in [0, 0.05) is 12.1 Å². The first kappa shape index (κ1) is 16.2. The predicted molar refractivity (Wildman–Crippen MR) is 93.0 cm³/mol. The number of imide groups is 1. The zero-order valence-corrected chi connectivity index (χ0v) is 13.7. The Morgan fingerprint density at radius 1 is 1.12 bits per heavy atom. The molecule has 2 aromatic carbocycles. The van der Waals surface area contributed by atoms with Crippen LogP contribution in [0.5, 0.6) is 5.75 Å². The minimum absolute atomic E-state index is 0.0389. The van der Waals surface area contributed by atoms with E-state index in [4.69, 9.17) is 7.85 Å². The molecule has 26 heavy (non-hydrogen) atoms. The molecule has 128 valence electrons. The van der Waals surface area contributed by atoms with E-state index in [0.717, 1.165) is 0 Å². The molecule has 2 aromatic rings. The quantitative estimate of drug-likeness (QED) is 0.532. The number of fused-ring (bicyclic) bond motifs is 1. The number of carbonyl (C=O) groups is 3. The molecule has 1 saturated heterocycles. The first-order valence-electron chi connectivity index (χ1n) is 8.00. The maximum absolute atomic E-state index is 12.7. The lowest BCUT2D eigenvalue weighted by Gasteiger charge is -2.31. The van der Waals surface area contributed by atoms with E-state index in [2.05, 4.69) is 10.6 Å². The van der Waals surface area contributed by atoms with Crippen molar-refractivity contribution >= 4 is 31.2 Å². The Labute approximate surface area is 150 Å². The first-order valence-corrected chi connectivity index (χ1v) is 8.00. The van der Waals surface area contributed by atoms with E-state index in [0.29, 0.717) is 22.2 Å². The SMILES string of the molecule is [B]c1ccc([C@]2(CN3Cc4cc(O)ccc4C3=O)NC(=O)NC2=O)cc1. The zero-order chi connectivity index (χ0) is 18.5. The van der Waals surface area contributed by atoms with Crippen molar-refractivity contribution in [3.63, 3.8) is 0 Å². The number of aromatic hydroxyl groups is 1. The Hall–Kier alpha value is -3.29. The molecule has 0 aromatic heterocycles. The van der Waals surface area contributed by atoms with Gasteiger partial charge in [0.05, 0.1) is 6.54 Å². The number of amides is 4. The van der Waals surface area contributed by atoms with Gasteiger partial charge in [-0.15, -0.1) is 0 Å². The van der Waals surface area contributed by atoms with Gasteiger partial charge in [0.1, 0.15) is 13.6 Å². The number of hydrogen-bond donors (Lipinski definition) is 3. The minimum atomic E-state index is -1.40. The summed E-state index contributed by atoms with van der Waals surface area (Å²) < 4.78 is 0. The normalized spacial score (nSPS) is 21.5. The van der Waals surface area contributed by atoms with Crippen molar-refractivity contribution in [3.05, 3.63) is 59.2 Å². The second kappa shape index (κ2) is 5.62. The van der Waals surface area contributed by atoms with Crippen LogP contribution in [0.2, 0.25) is 0 Å². The Morgan fingerprint density at radius 2 is 1.85 bits per heavy atom. The second-order valence-corrected chi connectivity index (χ2v) is 6.44. The number of benzene rings is 2. The Bertz CT molecular complexity index is 944. The lowest BCUT2D eigenvalue weighted by molar-refractivity contribution is -0.124. The summed E-state index contributed by atoms with van der Waals surface area (Å²) in [5, 5.41) is 14.5. The molecule has 2 aliphatic rings. The van der Waals surface area contributed by atoms with Gasteiger partial charge in [-0.05, 0) is 29.3 Å². The van der Waals surface area contributed by atoms with Crippen molar-refractivity contribution in [2.45, 2.75) is 12.1 Å². The average molecular weight is 347 g/mol. The van der Waals surface area contributed by atoms with Crippen LogP contribution < -0.4 is 16.1 Å². The molecule has 2 radical (unpaired) electrons. The van der Waals surface area contributed by atoms with Crippen molar-refractivity contribution < 1.29 is 19.5 Å². The van der Waals surface area contributed by atoms with Crippen LogP contribution in [0.3, 0.4) is 0 Å². The Morgan fingerprint density at radius 3 is 2.50 bits per heavy atom. The summed E-state index contributed by atoms with van der Waals surface area (Å²) in [6.45, 7) is 0.200. The number of carbonyl (C=O) groups excluding carboxylic acids is 3. The summed E-state index contributed by atoms with van der Waals surface area (Å²) >= 11 is 0. The highest BCUT2D eigenvalue weighted by atomic mass is 16.3. The molecule has 3 N–H and O–H groups in total. The highest BCUT2D eigenvalue weighted by molar-refractivity contribution is 6.32. The third-order valence-corrected chi connectivity index (χ3v) is 4.74. The molecule has 1 atom stereocenters. The van der Waals surface area contributed by atoms with E-state index in [1.807, 2.05) is 0 Å². The number of phenols is 1. The van der Waals surface area contributed by atoms with E-state index in [1.54, 1.807) is 30.3 Å². The number of urea groups is 1.